The van der Waals surface area contributed by atoms with Gasteiger partial charge in [-0.3, -0.25) is 9.80 Å². The molecule has 0 saturated carbocycles. The zero-order valence-corrected chi connectivity index (χ0v) is 40.3. The molecule has 0 radical (unpaired) electrons. The van der Waals surface area contributed by atoms with Crippen LogP contribution in [0, 0.1) is 23.1 Å². The third-order valence-electron chi connectivity index (χ3n) is 15.6. The van der Waals surface area contributed by atoms with Crippen molar-refractivity contribution in [1.82, 2.24) is 24.8 Å². The number of pyridine rings is 1. The Morgan fingerprint density at radius 1 is 0.969 bits per heavy atom. The molecule has 5 aliphatic rings. The zero-order valence-electron chi connectivity index (χ0n) is 39.3. The number of amides is 1. The second-order valence-electron chi connectivity index (χ2n) is 21.3. The highest BCUT2D eigenvalue weighted by atomic mass is 28.3. The Morgan fingerprint density at radius 3 is 2.42 bits per heavy atom. The van der Waals surface area contributed by atoms with Crippen LogP contribution in [-0.4, -0.2) is 101 Å². The number of alkyl halides is 1. The van der Waals surface area contributed by atoms with Gasteiger partial charge in [0.1, 0.15) is 49.3 Å². The van der Waals surface area contributed by atoms with Crippen LogP contribution in [0.25, 0.3) is 32.9 Å². The van der Waals surface area contributed by atoms with Crippen LogP contribution in [0.1, 0.15) is 131 Å². The molecule has 64 heavy (non-hydrogen) atoms. The van der Waals surface area contributed by atoms with Crippen LogP contribution >= 0.6 is 0 Å². The maximum atomic E-state index is 18.1. The zero-order chi connectivity index (χ0) is 45.6. The molecule has 342 valence electrons. The summed E-state index contributed by atoms with van der Waals surface area (Å²) in [7, 11) is -2.29. The minimum Gasteiger partial charge on any atom is -0.461 e. The highest BCUT2D eigenvalue weighted by Crippen LogP contribution is 2.50. The number of halogens is 3. The number of nitrogens with zero attached hydrogens (tertiary/aromatic N) is 6. The lowest BCUT2D eigenvalue weighted by Crippen LogP contribution is -2.62. The summed E-state index contributed by atoms with van der Waals surface area (Å²) in [5, 5.41) is 1.79. The van der Waals surface area contributed by atoms with E-state index in [-0.39, 0.29) is 59.5 Å². The van der Waals surface area contributed by atoms with Crippen molar-refractivity contribution in [3.8, 4) is 28.7 Å². The molecule has 5 aliphatic heterocycles. The first-order valence-electron chi connectivity index (χ1n) is 23.8. The van der Waals surface area contributed by atoms with Crippen molar-refractivity contribution >= 4 is 41.7 Å². The van der Waals surface area contributed by atoms with E-state index in [1.807, 2.05) is 43.9 Å². The highest BCUT2D eigenvalue weighted by Gasteiger charge is 2.53. The van der Waals surface area contributed by atoms with Gasteiger partial charge >= 0.3 is 12.1 Å². The predicted octanol–water partition coefficient (Wildman–Crippen LogP) is 11.5. The first kappa shape index (κ1) is 44.8. The van der Waals surface area contributed by atoms with Crippen LogP contribution in [-0.2, 0) is 4.74 Å². The van der Waals surface area contributed by atoms with E-state index in [9.17, 15) is 9.18 Å². The molecular weight excluding hydrogens is 830 g/mol. The molecule has 7 heterocycles. The predicted molar refractivity (Wildman–Crippen MR) is 250 cm³/mol. The van der Waals surface area contributed by atoms with Crippen LogP contribution < -0.4 is 9.64 Å². The van der Waals surface area contributed by atoms with Crippen LogP contribution in [0.2, 0.25) is 16.6 Å². The number of hydrogen-bond donors (Lipinski definition) is 0. The van der Waals surface area contributed by atoms with E-state index in [4.69, 9.17) is 24.4 Å². The summed E-state index contributed by atoms with van der Waals surface area (Å²) in [6, 6.07) is 8.32. The molecule has 4 saturated heterocycles. The summed E-state index contributed by atoms with van der Waals surface area (Å²) >= 11 is 0. The molecule has 0 spiro atoms. The van der Waals surface area contributed by atoms with Crippen LogP contribution in [0.5, 0.6) is 6.01 Å². The minimum atomic E-state index is -2.29. The molecule has 13 heteroatoms. The Morgan fingerprint density at radius 2 is 1.72 bits per heavy atom. The van der Waals surface area contributed by atoms with E-state index in [0.29, 0.717) is 76.8 Å². The fraction of sp³-hybridized carbons (Fsp3) is 0.608. The first-order chi connectivity index (χ1) is 30.4. The summed E-state index contributed by atoms with van der Waals surface area (Å²) in [5.41, 5.74) is 5.12. The largest absolute Gasteiger partial charge is 0.461 e. The van der Waals surface area contributed by atoms with Gasteiger partial charge in [-0.15, -0.1) is 5.54 Å². The second-order valence-corrected chi connectivity index (χ2v) is 26.9. The third-order valence-corrected chi connectivity index (χ3v) is 21.9. The van der Waals surface area contributed by atoms with Gasteiger partial charge in [-0.2, -0.15) is 9.97 Å². The number of hydrogen-bond acceptors (Lipinski definition) is 8. The Balaban J connectivity index is 1.25. The summed E-state index contributed by atoms with van der Waals surface area (Å²) in [5.74, 6) is 2.68. The lowest BCUT2D eigenvalue weighted by molar-refractivity contribution is 0.00684. The number of fused-ring (bicyclic) bond motifs is 7. The summed E-state index contributed by atoms with van der Waals surface area (Å²) in [6.07, 6.45) is 3.79. The summed E-state index contributed by atoms with van der Waals surface area (Å²) in [4.78, 5) is 35.6. The molecule has 9 rings (SSSR count). The molecule has 0 N–H and O–H groups in total. The minimum absolute atomic E-state index is 0.0246. The van der Waals surface area contributed by atoms with E-state index in [2.05, 4.69) is 69.7 Å². The smallest absolute Gasteiger partial charge is 0.410 e. The van der Waals surface area contributed by atoms with Gasteiger partial charge in [0.2, 0.25) is 0 Å². The molecule has 2 bridgehead atoms. The average molecular weight is 895 g/mol. The van der Waals surface area contributed by atoms with E-state index in [1.54, 1.807) is 6.07 Å². The number of carbonyl (C=O) groups excluding carboxylic acids is 1. The fourth-order valence-electron chi connectivity index (χ4n) is 12.8. The lowest BCUT2D eigenvalue weighted by Gasteiger charge is -2.47. The quantitative estimate of drug-likeness (QED) is 0.128. The van der Waals surface area contributed by atoms with Crippen LogP contribution in [0.15, 0.2) is 30.3 Å². The van der Waals surface area contributed by atoms with Gasteiger partial charge in [0.15, 0.2) is 5.82 Å². The summed E-state index contributed by atoms with van der Waals surface area (Å²) in [6.45, 7) is 23.0. The van der Waals surface area contributed by atoms with Gasteiger partial charge in [0, 0.05) is 36.4 Å². The van der Waals surface area contributed by atoms with E-state index < -0.39 is 37.0 Å². The molecule has 9 nitrogen and oxygen atoms in total. The molecule has 4 fully saturated rings. The molecule has 6 atom stereocenters. The van der Waals surface area contributed by atoms with Crippen molar-refractivity contribution in [2.45, 2.75) is 172 Å². The van der Waals surface area contributed by atoms with Crippen molar-refractivity contribution < 1.29 is 27.4 Å². The monoisotopic (exact) mass is 894 g/mol. The Kier molecular flexibility index (Phi) is 11.5. The van der Waals surface area contributed by atoms with Crippen LogP contribution in [0.3, 0.4) is 0 Å². The molecule has 0 aliphatic carbocycles. The topological polar surface area (TPSA) is 83.9 Å². The molecule has 2 aromatic carbocycles. The third kappa shape index (κ3) is 7.33. The fourth-order valence-corrected chi connectivity index (χ4v) is 18.0. The van der Waals surface area contributed by atoms with Crippen LogP contribution in [0.4, 0.5) is 23.8 Å². The Hall–Kier alpha value is -4.41. The van der Waals surface area contributed by atoms with Gasteiger partial charge in [0.25, 0.3) is 0 Å². The van der Waals surface area contributed by atoms with Crippen molar-refractivity contribution in [3.63, 3.8) is 0 Å². The number of rotatable bonds is 8. The van der Waals surface area contributed by atoms with E-state index >= 15 is 8.78 Å². The van der Waals surface area contributed by atoms with Gasteiger partial charge < -0.3 is 14.4 Å². The molecule has 2 aromatic heterocycles. The SMILES string of the molecule is CC[C@@H]1C[C@@H]2[C@@H]3CC[C@H](CN2c2nc(OC[C@@]45CCCN4C[C@H](F)C5)nc4c(F)c(-c5cccc6ccc(F)c(C#C[Si](C(C)C)(C(C)C)C(C)C)c56)nc1c24)N3C(=O)OC(C)(C)C. The lowest BCUT2D eigenvalue weighted by atomic mass is 9.88. The van der Waals surface area contributed by atoms with Crippen molar-refractivity contribution in [3.05, 3.63) is 53.2 Å². The number of anilines is 1. The second kappa shape index (κ2) is 16.5. The molecular formula is C51H65F3N6O3Si. The number of aromatic nitrogens is 3. The Bertz CT molecular complexity index is 2530. The normalized spacial score (nSPS) is 25.6. The molecule has 1 amide bonds. The van der Waals surface area contributed by atoms with Crippen molar-refractivity contribution in [2.24, 2.45) is 0 Å². The van der Waals surface area contributed by atoms with E-state index in [1.165, 1.54) is 6.07 Å². The van der Waals surface area contributed by atoms with Gasteiger partial charge in [-0.05, 0) is 93.9 Å². The standard InChI is InChI=1S/C51H65F3N6O3Si/c1-11-32-24-40-39-19-17-35(60(39)49(61)63-50(8,9)10)27-59(40)47-42-44(32)55-45(43(54)46(42)56-48(57-47)62-28-51-21-13-22-58(51)26-34(52)25-51)37-15-12-14-33-16-18-38(53)36(41(33)37)20-23-64(29(2)3,30(4)5)31(6)7/h12,14-16,18,29-32,34-35,39-40H,11,13,17,19,21-22,24-28H2,1-10H3/t32-,34-,35-,39+,40-,51+/m1/s1. The summed E-state index contributed by atoms with van der Waals surface area (Å²) < 4.78 is 62.0. The maximum Gasteiger partial charge on any atom is 0.410 e. The number of piperazine rings is 1. The van der Waals surface area contributed by atoms with Gasteiger partial charge in [-0.1, -0.05) is 78.7 Å². The van der Waals surface area contributed by atoms with Crippen molar-refractivity contribution in [1.29, 1.82) is 0 Å². The van der Waals surface area contributed by atoms with Gasteiger partial charge in [0.05, 0.1) is 40.3 Å². The number of ether oxygens (including phenoxy) is 2. The van der Waals surface area contributed by atoms with Crippen molar-refractivity contribution in [2.75, 3.05) is 31.1 Å². The number of carbonyl (C=O) groups is 1. The Labute approximate surface area is 377 Å². The maximum absolute atomic E-state index is 18.1. The average Bonchev–Trinajstić information content (AvgIpc) is 3.85. The first-order valence-corrected chi connectivity index (χ1v) is 26.1. The van der Waals surface area contributed by atoms with Gasteiger partial charge in [-0.25, -0.2) is 22.9 Å². The van der Waals surface area contributed by atoms with E-state index in [0.717, 1.165) is 37.6 Å². The number of benzene rings is 2. The molecule has 4 aromatic rings. The highest BCUT2D eigenvalue weighted by molar-refractivity contribution is 6.90. The molecule has 0 unspecified atom stereocenters.